The second-order valence-corrected chi connectivity index (χ2v) is 9.37. The summed E-state index contributed by atoms with van der Waals surface area (Å²) in [6.07, 6.45) is 1.92. The third-order valence-electron chi connectivity index (χ3n) is 6.52. The van der Waals surface area contributed by atoms with Gasteiger partial charge in [0, 0.05) is 10.7 Å². The van der Waals surface area contributed by atoms with Crippen LogP contribution in [0.5, 0.6) is 17.2 Å². The average Bonchev–Trinajstić information content (AvgIpc) is 3.22. The lowest BCUT2D eigenvalue weighted by atomic mass is 9.97. The van der Waals surface area contributed by atoms with Crippen molar-refractivity contribution in [3.63, 3.8) is 0 Å². The molecule has 1 atom stereocenters. The minimum Gasteiger partial charge on any atom is -0.497 e. The summed E-state index contributed by atoms with van der Waals surface area (Å²) in [4.78, 5) is 29.3. The van der Waals surface area contributed by atoms with Crippen LogP contribution in [0, 0.1) is 0 Å². The largest absolute Gasteiger partial charge is 0.497 e. The smallest absolute Gasteiger partial charge is 0.295 e. The molecular formula is C30H28ClNO6. The van der Waals surface area contributed by atoms with Gasteiger partial charge in [-0.15, -0.1) is 0 Å². The van der Waals surface area contributed by atoms with Crippen LogP contribution >= 0.6 is 11.6 Å². The van der Waals surface area contributed by atoms with Gasteiger partial charge in [-0.3, -0.25) is 14.5 Å². The summed E-state index contributed by atoms with van der Waals surface area (Å²) in [6.45, 7) is 4.99. The van der Waals surface area contributed by atoms with E-state index in [1.807, 2.05) is 25.1 Å². The highest BCUT2D eigenvalue weighted by Crippen LogP contribution is 2.43. The second kappa shape index (κ2) is 10.8. The molecule has 0 bridgehead atoms. The standard InChI is InChI=1S/C30H28ClNO6/c1-4-6-15-37-24-13-7-18(16-25(24)36-5-2)27-26-28(33)22-17-19(31)8-14-23(22)38-29(26)30(34)32(27)20-9-11-21(35-3)12-10-20/h7-14,16-17,27H,4-6,15H2,1-3H3. The number of carbonyl (C=O) groups excluding carboxylic acids is 1. The summed E-state index contributed by atoms with van der Waals surface area (Å²) in [6, 6.07) is 16.6. The van der Waals surface area contributed by atoms with E-state index < -0.39 is 11.9 Å². The Hall–Kier alpha value is -3.97. The number of amides is 1. The molecule has 0 spiro atoms. The molecule has 0 N–H and O–H groups in total. The van der Waals surface area contributed by atoms with Crippen molar-refractivity contribution in [2.45, 2.75) is 32.7 Å². The fourth-order valence-electron chi connectivity index (χ4n) is 4.68. The first-order chi connectivity index (χ1) is 18.5. The van der Waals surface area contributed by atoms with E-state index in [1.165, 1.54) is 0 Å². The van der Waals surface area contributed by atoms with E-state index >= 15 is 0 Å². The molecular weight excluding hydrogens is 506 g/mol. The minimum atomic E-state index is -0.755. The van der Waals surface area contributed by atoms with Gasteiger partial charge in [0.15, 0.2) is 16.9 Å². The predicted octanol–water partition coefficient (Wildman–Crippen LogP) is 6.78. The number of rotatable bonds is 9. The molecule has 1 aliphatic heterocycles. The molecule has 7 nitrogen and oxygen atoms in total. The summed E-state index contributed by atoms with van der Waals surface area (Å²) in [5.41, 5.74) is 1.53. The van der Waals surface area contributed by atoms with E-state index in [-0.39, 0.29) is 16.8 Å². The van der Waals surface area contributed by atoms with Crippen LogP contribution in [0.25, 0.3) is 11.0 Å². The van der Waals surface area contributed by atoms with Gasteiger partial charge in [0.2, 0.25) is 5.76 Å². The van der Waals surface area contributed by atoms with Crippen molar-refractivity contribution in [3.8, 4) is 17.2 Å². The third kappa shape index (κ3) is 4.58. The van der Waals surface area contributed by atoms with Crippen LogP contribution in [0.2, 0.25) is 5.02 Å². The van der Waals surface area contributed by atoms with Crippen molar-refractivity contribution < 1.29 is 23.4 Å². The maximum Gasteiger partial charge on any atom is 0.295 e. The summed E-state index contributed by atoms with van der Waals surface area (Å²) in [5.74, 6) is 1.40. The zero-order valence-corrected chi connectivity index (χ0v) is 22.2. The average molecular weight is 534 g/mol. The van der Waals surface area contributed by atoms with E-state index in [2.05, 4.69) is 6.92 Å². The number of nitrogens with zero attached hydrogens (tertiary/aromatic N) is 1. The Labute approximate surface area is 225 Å². The van der Waals surface area contributed by atoms with Gasteiger partial charge >= 0.3 is 0 Å². The van der Waals surface area contributed by atoms with E-state index in [4.69, 9.17) is 30.2 Å². The Bertz CT molecular complexity index is 1550. The topological polar surface area (TPSA) is 78.2 Å². The van der Waals surface area contributed by atoms with Gasteiger partial charge < -0.3 is 18.6 Å². The molecule has 0 radical (unpaired) electrons. The molecule has 1 amide bonds. The Morgan fingerprint density at radius 3 is 2.45 bits per heavy atom. The maximum absolute atomic E-state index is 13.9. The molecule has 4 aromatic rings. The highest BCUT2D eigenvalue weighted by Gasteiger charge is 2.44. The van der Waals surface area contributed by atoms with Crippen LogP contribution in [0.3, 0.4) is 0 Å². The fourth-order valence-corrected chi connectivity index (χ4v) is 4.85. The summed E-state index contributed by atoms with van der Waals surface area (Å²) in [7, 11) is 1.58. The van der Waals surface area contributed by atoms with E-state index in [1.54, 1.807) is 54.5 Å². The number of hydrogen-bond acceptors (Lipinski definition) is 6. The number of benzene rings is 3. The van der Waals surface area contributed by atoms with Crippen LogP contribution in [-0.2, 0) is 0 Å². The predicted molar refractivity (Wildman–Crippen MR) is 147 cm³/mol. The lowest BCUT2D eigenvalue weighted by molar-refractivity contribution is 0.0971. The highest BCUT2D eigenvalue weighted by molar-refractivity contribution is 6.31. The lowest BCUT2D eigenvalue weighted by Crippen LogP contribution is -2.29. The van der Waals surface area contributed by atoms with Crippen molar-refractivity contribution in [2.24, 2.45) is 0 Å². The normalized spacial score (nSPS) is 14.6. The molecule has 0 fully saturated rings. The summed E-state index contributed by atoms with van der Waals surface area (Å²) < 4.78 is 23.2. The molecule has 1 aliphatic rings. The third-order valence-corrected chi connectivity index (χ3v) is 6.76. The van der Waals surface area contributed by atoms with Crippen LogP contribution in [0.4, 0.5) is 5.69 Å². The van der Waals surface area contributed by atoms with Crippen LogP contribution in [-0.4, -0.2) is 26.2 Å². The molecule has 0 aliphatic carbocycles. The molecule has 0 saturated heterocycles. The van der Waals surface area contributed by atoms with Gasteiger partial charge in [-0.1, -0.05) is 31.0 Å². The van der Waals surface area contributed by atoms with Crippen molar-refractivity contribution in [2.75, 3.05) is 25.2 Å². The quantitative estimate of drug-likeness (QED) is 0.221. The summed E-state index contributed by atoms with van der Waals surface area (Å²) >= 11 is 6.20. The molecule has 38 heavy (non-hydrogen) atoms. The molecule has 3 aromatic carbocycles. The molecule has 1 unspecified atom stereocenters. The fraction of sp³-hybridized carbons (Fsp3) is 0.267. The molecule has 1 aromatic heterocycles. The molecule has 0 saturated carbocycles. The Morgan fingerprint density at radius 2 is 1.74 bits per heavy atom. The zero-order chi connectivity index (χ0) is 26.8. The highest BCUT2D eigenvalue weighted by atomic mass is 35.5. The zero-order valence-electron chi connectivity index (χ0n) is 21.5. The van der Waals surface area contributed by atoms with Gasteiger partial charge in [-0.05, 0) is 73.5 Å². The van der Waals surface area contributed by atoms with Gasteiger partial charge in [0.25, 0.3) is 5.91 Å². The Balaban J connectivity index is 1.71. The summed E-state index contributed by atoms with van der Waals surface area (Å²) in [5, 5.41) is 0.722. The van der Waals surface area contributed by atoms with Crippen LogP contribution in [0.15, 0.2) is 69.9 Å². The monoisotopic (exact) mass is 533 g/mol. The minimum absolute atomic E-state index is 0.00636. The number of carbonyl (C=O) groups is 1. The van der Waals surface area contributed by atoms with Crippen molar-refractivity contribution in [1.82, 2.24) is 0 Å². The second-order valence-electron chi connectivity index (χ2n) is 8.93. The van der Waals surface area contributed by atoms with Gasteiger partial charge in [0.05, 0.1) is 37.3 Å². The molecule has 196 valence electrons. The van der Waals surface area contributed by atoms with Crippen molar-refractivity contribution in [1.29, 1.82) is 0 Å². The maximum atomic E-state index is 13.9. The van der Waals surface area contributed by atoms with Gasteiger partial charge in [-0.2, -0.15) is 0 Å². The molecule has 5 rings (SSSR count). The van der Waals surface area contributed by atoms with E-state index in [0.717, 1.165) is 12.8 Å². The van der Waals surface area contributed by atoms with Crippen LogP contribution < -0.4 is 24.5 Å². The number of ether oxygens (including phenoxy) is 3. The van der Waals surface area contributed by atoms with Gasteiger partial charge in [-0.25, -0.2) is 0 Å². The first-order valence-electron chi connectivity index (χ1n) is 12.6. The number of halogens is 1. The van der Waals surface area contributed by atoms with Crippen molar-refractivity contribution >= 4 is 34.2 Å². The van der Waals surface area contributed by atoms with Gasteiger partial charge in [0.1, 0.15) is 11.3 Å². The van der Waals surface area contributed by atoms with E-state index in [0.29, 0.717) is 57.7 Å². The lowest BCUT2D eigenvalue weighted by Gasteiger charge is -2.26. The molecule has 2 heterocycles. The van der Waals surface area contributed by atoms with E-state index in [9.17, 15) is 9.59 Å². The Kier molecular flexibility index (Phi) is 7.29. The Morgan fingerprint density at radius 1 is 0.947 bits per heavy atom. The van der Waals surface area contributed by atoms with Crippen molar-refractivity contribution in [3.05, 3.63) is 92.8 Å². The number of anilines is 1. The number of fused-ring (bicyclic) bond motifs is 2. The van der Waals surface area contributed by atoms with Crippen LogP contribution in [0.1, 0.15) is 54.4 Å². The number of hydrogen-bond donors (Lipinski definition) is 0. The first-order valence-corrected chi connectivity index (χ1v) is 13.0. The number of unbranched alkanes of at least 4 members (excludes halogenated alkanes) is 1. The number of methoxy groups -OCH3 is 1. The first kappa shape index (κ1) is 25.7. The molecule has 8 heteroatoms. The SMILES string of the molecule is CCCCOc1ccc(C2c3c(oc4ccc(Cl)cc4c3=O)C(=O)N2c2ccc(OC)cc2)cc1OCC.